The molecule has 7 nitrogen and oxygen atoms in total. The molecule has 4 aromatic rings. The van der Waals surface area contributed by atoms with E-state index < -0.39 is 0 Å². The van der Waals surface area contributed by atoms with Crippen LogP contribution in [0.15, 0.2) is 78.0 Å². The lowest BCUT2D eigenvalue weighted by atomic mass is 10.1. The van der Waals surface area contributed by atoms with Gasteiger partial charge in [-0.15, -0.1) is 10.2 Å². The van der Waals surface area contributed by atoms with Crippen molar-refractivity contribution >= 4 is 23.4 Å². The van der Waals surface area contributed by atoms with Crippen LogP contribution in [0, 0.1) is 12.7 Å². The minimum absolute atomic E-state index is 0.00499. The highest BCUT2D eigenvalue weighted by Crippen LogP contribution is 2.28. The molecule has 1 saturated heterocycles. The zero-order valence-electron chi connectivity index (χ0n) is 21.5. The summed E-state index contributed by atoms with van der Waals surface area (Å²) in [5, 5.41) is 9.52. The molecular formula is C29H30FN5O2S. The summed E-state index contributed by atoms with van der Waals surface area (Å²) in [7, 11) is 1.64. The average Bonchev–Trinajstić information content (AvgIpc) is 3.35. The number of benzene rings is 3. The predicted octanol–water partition coefficient (Wildman–Crippen LogP) is 5.12. The molecule has 1 aliphatic rings. The molecule has 1 amide bonds. The lowest BCUT2D eigenvalue weighted by Gasteiger charge is -2.36. The highest BCUT2D eigenvalue weighted by Gasteiger charge is 2.25. The van der Waals surface area contributed by atoms with Gasteiger partial charge in [-0.1, -0.05) is 54.2 Å². The third-order valence-electron chi connectivity index (χ3n) is 6.60. The Morgan fingerprint density at radius 1 is 0.974 bits per heavy atom. The summed E-state index contributed by atoms with van der Waals surface area (Å²) in [6, 6.07) is 22.7. The van der Waals surface area contributed by atoms with Crippen LogP contribution < -0.4 is 4.90 Å². The van der Waals surface area contributed by atoms with Gasteiger partial charge in [-0.05, 0) is 48.4 Å². The third-order valence-corrected chi connectivity index (χ3v) is 7.58. The van der Waals surface area contributed by atoms with E-state index in [1.54, 1.807) is 19.2 Å². The number of aryl methyl sites for hydroxylation is 1. The zero-order chi connectivity index (χ0) is 26.5. The fourth-order valence-electron chi connectivity index (χ4n) is 4.67. The summed E-state index contributed by atoms with van der Waals surface area (Å²) in [5.41, 5.74) is 4.31. The van der Waals surface area contributed by atoms with Crippen LogP contribution in [0.25, 0.3) is 5.69 Å². The first-order chi connectivity index (χ1) is 18.5. The second kappa shape index (κ2) is 11.8. The summed E-state index contributed by atoms with van der Waals surface area (Å²) in [4.78, 5) is 17.4. The molecule has 2 heterocycles. The van der Waals surface area contributed by atoms with E-state index in [2.05, 4.69) is 29.3 Å². The van der Waals surface area contributed by atoms with E-state index in [0.717, 1.165) is 27.8 Å². The smallest absolute Gasteiger partial charge is 0.254 e. The lowest BCUT2D eigenvalue weighted by molar-refractivity contribution is 0.0746. The standard InChI is InChI=1S/C29H30FN5O2S/c1-21-8-7-10-23(18-21)35-27(19-37-2)31-32-29(35)38-20-22-9-3-4-11-24(22)28(36)34-16-14-33(15-17-34)26-13-6-5-12-25(26)30/h3-13,18H,14-17,19-20H2,1-2H3. The molecule has 196 valence electrons. The van der Waals surface area contributed by atoms with Gasteiger partial charge >= 0.3 is 0 Å². The van der Waals surface area contributed by atoms with Gasteiger partial charge in [-0.2, -0.15) is 0 Å². The molecular weight excluding hydrogens is 501 g/mol. The van der Waals surface area contributed by atoms with Crippen LogP contribution in [-0.2, 0) is 17.1 Å². The monoisotopic (exact) mass is 531 g/mol. The number of halogens is 1. The molecule has 0 atom stereocenters. The molecule has 0 radical (unpaired) electrons. The molecule has 0 aliphatic carbocycles. The van der Waals surface area contributed by atoms with E-state index in [1.165, 1.54) is 17.8 Å². The summed E-state index contributed by atoms with van der Waals surface area (Å²) >= 11 is 1.54. The number of rotatable bonds is 8. The van der Waals surface area contributed by atoms with Crippen LogP contribution in [0.2, 0.25) is 0 Å². The number of carbonyl (C=O) groups is 1. The van der Waals surface area contributed by atoms with Gasteiger partial charge in [0, 0.05) is 50.3 Å². The number of hydrogen-bond donors (Lipinski definition) is 0. The molecule has 3 aromatic carbocycles. The number of nitrogens with zero attached hydrogens (tertiary/aromatic N) is 5. The Bertz CT molecular complexity index is 1420. The molecule has 0 saturated carbocycles. The van der Waals surface area contributed by atoms with Gasteiger partial charge in [0.15, 0.2) is 11.0 Å². The van der Waals surface area contributed by atoms with Crippen molar-refractivity contribution in [3.05, 3.63) is 101 Å². The number of para-hydroxylation sites is 1. The van der Waals surface area contributed by atoms with E-state index in [4.69, 9.17) is 4.74 Å². The number of piperazine rings is 1. The summed E-state index contributed by atoms with van der Waals surface area (Å²) in [6.45, 7) is 4.65. The third kappa shape index (κ3) is 5.58. The fraction of sp³-hybridized carbons (Fsp3) is 0.276. The predicted molar refractivity (Wildman–Crippen MR) is 147 cm³/mol. The van der Waals surface area contributed by atoms with E-state index >= 15 is 0 Å². The maximum absolute atomic E-state index is 14.2. The van der Waals surface area contributed by atoms with Gasteiger partial charge < -0.3 is 14.5 Å². The Hall–Kier alpha value is -3.69. The van der Waals surface area contributed by atoms with Crippen molar-refractivity contribution in [1.29, 1.82) is 0 Å². The minimum Gasteiger partial charge on any atom is -0.377 e. The lowest BCUT2D eigenvalue weighted by Crippen LogP contribution is -2.49. The number of aromatic nitrogens is 3. The average molecular weight is 532 g/mol. The van der Waals surface area contributed by atoms with Crippen LogP contribution >= 0.6 is 11.8 Å². The van der Waals surface area contributed by atoms with Crippen LogP contribution in [0.1, 0.15) is 27.3 Å². The van der Waals surface area contributed by atoms with Gasteiger partial charge in [0.25, 0.3) is 5.91 Å². The quantitative estimate of drug-likeness (QED) is 0.294. The first kappa shape index (κ1) is 25.9. The number of methoxy groups -OCH3 is 1. The van der Waals surface area contributed by atoms with Gasteiger partial charge in [-0.25, -0.2) is 4.39 Å². The Morgan fingerprint density at radius 3 is 2.50 bits per heavy atom. The van der Waals surface area contributed by atoms with Crippen molar-refractivity contribution in [2.24, 2.45) is 0 Å². The molecule has 1 fully saturated rings. The van der Waals surface area contributed by atoms with Crippen molar-refractivity contribution in [2.45, 2.75) is 24.4 Å². The van der Waals surface area contributed by atoms with Crippen LogP contribution in [0.5, 0.6) is 0 Å². The Morgan fingerprint density at radius 2 is 1.74 bits per heavy atom. The first-order valence-electron chi connectivity index (χ1n) is 12.5. The van der Waals surface area contributed by atoms with Gasteiger partial charge in [0.05, 0.1) is 5.69 Å². The first-order valence-corrected chi connectivity index (χ1v) is 13.5. The summed E-state index contributed by atoms with van der Waals surface area (Å²) in [6.07, 6.45) is 0. The van der Waals surface area contributed by atoms with Crippen LogP contribution in [0.4, 0.5) is 10.1 Å². The van der Waals surface area contributed by atoms with E-state index in [9.17, 15) is 9.18 Å². The fourth-order valence-corrected chi connectivity index (χ4v) is 5.64. The summed E-state index contributed by atoms with van der Waals surface area (Å²) in [5.74, 6) is 1.04. The van der Waals surface area contributed by atoms with E-state index in [-0.39, 0.29) is 11.7 Å². The molecule has 0 unspecified atom stereocenters. The Labute approximate surface area is 226 Å². The minimum atomic E-state index is -0.234. The molecule has 1 aromatic heterocycles. The maximum Gasteiger partial charge on any atom is 0.254 e. The highest BCUT2D eigenvalue weighted by molar-refractivity contribution is 7.98. The Balaban J connectivity index is 1.31. The number of amides is 1. The largest absolute Gasteiger partial charge is 0.377 e. The highest BCUT2D eigenvalue weighted by atomic mass is 32.2. The van der Waals surface area contributed by atoms with Crippen LogP contribution in [0.3, 0.4) is 0 Å². The van der Waals surface area contributed by atoms with Crippen molar-refractivity contribution in [3.8, 4) is 5.69 Å². The summed E-state index contributed by atoms with van der Waals surface area (Å²) < 4.78 is 21.6. The number of hydrogen-bond acceptors (Lipinski definition) is 6. The SMILES string of the molecule is COCc1nnc(SCc2ccccc2C(=O)N2CCN(c3ccccc3F)CC2)n1-c1cccc(C)c1. The number of anilines is 1. The second-order valence-corrected chi connectivity index (χ2v) is 10.1. The Kier molecular flexibility index (Phi) is 8.05. The van der Waals surface area contributed by atoms with Crippen molar-refractivity contribution in [3.63, 3.8) is 0 Å². The van der Waals surface area contributed by atoms with E-state index in [1.807, 2.05) is 56.8 Å². The number of carbonyl (C=O) groups excluding carboxylic acids is 1. The molecule has 1 aliphatic heterocycles. The van der Waals surface area contributed by atoms with E-state index in [0.29, 0.717) is 49.8 Å². The molecule has 0 spiro atoms. The van der Waals surface area contributed by atoms with Gasteiger partial charge in [0.2, 0.25) is 0 Å². The van der Waals surface area contributed by atoms with Gasteiger partial charge in [-0.3, -0.25) is 9.36 Å². The molecule has 0 N–H and O–H groups in total. The second-order valence-electron chi connectivity index (χ2n) is 9.18. The van der Waals surface area contributed by atoms with Crippen molar-refractivity contribution < 1.29 is 13.9 Å². The zero-order valence-corrected chi connectivity index (χ0v) is 22.3. The van der Waals surface area contributed by atoms with Crippen molar-refractivity contribution in [1.82, 2.24) is 19.7 Å². The molecule has 9 heteroatoms. The van der Waals surface area contributed by atoms with Crippen LogP contribution in [-0.4, -0.2) is 58.9 Å². The maximum atomic E-state index is 14.2. The molecule has 5 rings (SSSR count). The van der Waals surface area contributed by atoms with Crippen molar-refractivity contribution in [2.75, 3.05) is 38.2 Å². The number of thioether (sulfide) groups is 1. The molecule has 38 heavy (non-hydrogen) atoms. The molecule has 0 bridgehead atoms. The topological polar surface area (TPSA) is 63.5 Å². The van der Waals surface area contributed by atoms with Gasteiger partial charge in [0.1, 0.15) is 12.4 Å². The normalized spacial score (nSPS) is 13.7. The number of ether oxygens (including phenoxy) is 1.